The fourth-order valence-electron chi connectivity index (χ4n) is 1.97. The summed E-state index contributed by atoms with van der Waals surface area (Å²) in [5.74, 6) is 0. The van der Waals surface area contributed by atoms with Crippen LogP contribution in [0.2, 0.25) is 0 Å². The smallest absolute Gasteiger partial charge is 0.0591 e. The first kappa shape index (κ1) is 13.0. The molecule has 1 saturated heterocycles. The van der Waals surface area contributed by atoms with Gasteiger partial charge in [-0.3, -0.25) is 0 Å². The molecule has 0 atom stereocenters. The van der Waals surface area contributed by atoms with E-state index >= 15 is 0 Å². The summed E-state index contributed by atoms with van der Waals surface area (Å²) in [6.45, 7) is 4.39. The highest BCUT2D eigenvalue weighted by atomic mass is 32.1. The molecule has 1 fully saturated rings. The molecule has 0 spiro atoms. The van der Waals surface area contributed by atoms with E-state index in [0.29, 0.717) is 6.04 Å². The lowest BCUT2D eigenvalue weighted by Gasteiger charge is -2.23. The summed E-state index contributed by atoms with van der Waals surface area (Å²) in [6, 6.07) is 4.88. The second-order valence-electron chi connectivity index (χ2n) is 4.28. The van der Waals surface area contributed by atoms with Gasteiger partial charge < -0.3 is 14.8 Å². The normalized spacial score (nSPS) is 17.4. The number of ether oxygens (including phenoxy) is 2. The Morgan fingerprint density at radius 2 is 2.24 bits per heavy atom. The molecule has 0 aliphatic carbocycles. The van der Waals surface area contributed by atoms with Crippen LogP contribution in [0.25, 0.3) is 0 Å². The van der Waals surface area contributed by atoms with Gasteiger partial charge in [-0.2, -0.15) is 0 Å². The Morgan fingerprint density at radius 3 is 3.00 bits per heavy atom. The molecule has 96 valence electrons. The maximum Gasteiger partial charge on any atom is 0.0591 e. The Balaban J connectivity index is 1.43. The van der Waals surface area contributed by atoms with Crippen molar-refractivity contribution in [1.29, 1.82) is 0 Å². The number of hydrogen-bond acceptors (Lipinski definition) is 4. The lowest BCUT2D eigenvalue weighted by atomic mass is 10.1. The van der Waals surface area contributed by atoms with Crippen molar-refractivity contribution >= 4 is 11.3 Å². The maximum absolute atomic E-state index is 5.61. The predicted molar refractivity (Wildman–Crippen MR) is 70.7 cm³/mol. The van der Waals surface area contributed by atoms with Gasteiger partial charge >= 0.3 is 0 Å². The van der Waals surface area contributed by atoms with Gasteiger partial charge in [-0.25, -0.2) is 0 Å². The molecule has 1 aromatic rings. The van der Waals surface area contributed by atoms with Crippen LogP contribution in [0.15, 0.2) is 17.5 Å². The molecule has 4 heteroatoms. The molecule has 0 unspecified atom stereocenters. The summed E-state index contributed by atoms with van der Waals surface area (Å²) < 4.78 is 10.9. The van der Waals surface area contributed by atoms with E-state index in [1.54, 1.807) is 11.3 Å². The molecule has 1 aliphatic rings. The van der Waals surface area contributed by atoms with Crippen LogP contribution in [0.4, 0.5) is 0 Å². The first-order valence-electron chi connectivity index (χ1n) is 6.36. The van der Waals surface area contributed by atoms with Crippen molar-refractivity contribution in [3.05, 3.63) is 22.4 Å². The molecule has 3 nitrogen and oxygen atoms in total. The Morgan fingerprint density at radius 1 is 1.35 bits per heavy atom. The standard InChI is InChI=1S/C13H21NO2S/c1-2-13(17-11-1)5-9-16-10-6-14-12-3-7-15-8-4-12/h1-2,11-12,14H,3-10H2. The summed E-state index contributed by atoms with van der Waals surface area (Å²) in [6.07, 6.45) is 3.30. The summed E-state index contributed by atoms with van der Waals surface area (Å²) in [5.41, 5.74) is 0. The second kappa shape index (κ2) is 7.82. The zero-order valence-corrected chi connectivity index (χ0v) is 11.0. The molecule has 0 aromatic carbocycles. The minimum atomic E-state index is 0.629. The molecule has 1 N–H and O–H groups in total. The average molecular weight is 255 g/mol. The van der Waals surface area contributed by atoms with E-state index in [-0.39, 0.29) is 0 Å². The SMILES string of the molecule is c1csc(CCOCCNC2CCOCC2)c1. The van der Waals surface area contributed by atoms with E-state index in [2.05, 4.69) is 22.8 Å². The molecule has 17 heavy (non-hydrogen) atoms. The van der Waals surface area contributed by atoms with Gasteiger partial charge in [0.05, 0.1) is 13.2 Å². The predicted octanol–water partition coefficient (Wildman–Crippen LogP) is 2.08. The fraction of sp³-hybridized carbons (Fsp3) is 0.692. The van der Waals surface area contributed by atoms with Gasteiger partial charge in [0.15, 0.2) is 0 Å². The van der Waals surface area contributed by atoms with Crippen LogP contribution in [-0.2, 0) is 15.9 Å². The number of hydrogen-bond donors (Lipinski definition) is 1. The van der Waals surface area contributed by atoms with Crippen LogP contribution in [0, 0.1) is 0 Å². The Bertz CT molecular complexity index is 284. The molecule has 0 bridgehead atoms. The van der Waals surface area contributed by atoms with Crippen molar-refractivity contribution in [2.24, 2.45) is 0 Å². The maximum atomic E-state index is 5.61. The Kier molecular flexibility index (Phi) is 5.99. The van der Waals surface area contributed by atoms with Gasteiger partial charge in [-0.05, 0) is 24.3 Å². The van der Waals surface area contributed by atoms with Crippen LogP contribution in [0.5, 0.6) is 0 Å². The number of nitrogens with one attached hydrogen (secondary N) is 1. The van der Waals surface area contributed by atoms with E-state index in [4.69, 9.17) is 9.47 Å². The van der Waals surface area contributed by atoms with Crippen molar-refractivity contribution in [1.82, 2.24) is 5.32 Å². The van der Waals surface area contributed by atoms with E-state index < -0.39 is 0 Å². The molecule has 0 amide bonds. The van der Waals surface area contributed by atoms with Gasteiger partial charge in [0.25, 0.3) is 0 Å². The van der Waals surface area contributed by atoms with E-state index in [9.17, 15) is 0 Å². The molecule has 2 heterocycles. The summed E-state index contributed by atoms with van der Waals surface area (Å²) in [7, 11) is 0. The monoisotopic (exact) mass is 255 g/mol. The quantitative estimate of drug-likeness (QED) is 0.757. The zero-order chi connectivity index (χ0) is 11.8. The first-order valence-corrected chi connectivity index (χ1v) is 7.24. The Labute approximate surface area is 107 Å². The fourth-order valence-corrected chi connectivity index (χ4v) is 2.66. The van der Waals surface area contributed by atoms with Gasteiger partial charge in [-0.1, -0.05) is 6.07 Å². The first-order chi connectivity index (χ1) is 8.45. The van der Waals surface area contributed by atoms with Crippen molar-refractivity contribution in [2.45, 2.75) is 25.3 Å². The molecule has 0 radical (unpaired) electrons. The van der Waals surface area contributed by atoms with Crippen molar-refractivity contribution in [3.63, 3.8) is 0 Å². The average Bonchev–Trinajstić information content (AvgIpc) is 2.88. The molecule has 0 saturated carbocycles. The van der Waals surface area contributed by atoms with Crippen molar-refractivity contribution in [2.75, 3.05) is 33.0 Å². The lowest BCUT2D eigenvalue weighted by Crippen LogP contribution is -2.36. The minimum absolute atomic E-state index is 0.629. The van der Waals surface area contributed by atoms with Gasteiger partial charge in [0, 0.05) is 37.1 Å². The largest absolute Gasteiger partial charge is 0.381 e. The Hall–Kier alpha value is -0.420. The summed E-state index contributed by atoms with van der Waals surface area (Å²) >= 11 is 1.80. The van der Waals surface area contributed by atoms with Crippen LogP contribution >= 0.6 is 11.3 Å². The molecule has 1 aromatic heterocycles. The van der Waals surface area contributed by atoms with Crippen molar-refractivity contribution in [3.8, 4) is 0 Å². The highest BCUT2D eigenvalue weighted by molar-refractivity contribution is 7.09. The third-order valence-electron chi connectivity index (χ3n) is 2.97. The minimum Gasteiger partial charge on any atom is -0.381 e. The molecule has 1 aliphatic heterocycles. The van der Waals surface area contributed by atoms with E-state index in [0.717, 1.165) is 52.2 Å². The van der Waals surface area contributed by atoms with E-state index in [1.807, 2.05) is 0 Å². The van der Waals surface area contributed by atoms with Gasteiger partial charge in [0.2, 0.25) is 0 Å². The van der Waals surface area contributed by atoms with Crippen LogP contribution in [0.1, 0.15) is 17.7 Å². The summed E-state index contributed by atoms with van der Waals surface area (Å²) in [4.78, 5) is 1.40. The molecular weight excluding hydrogens is 234 g/mol. The van der Waals surface area contributed by atoms with Crippen molar-refractivity contribution < 1.29 is 9.47 Å². The molecular formula is C13H21NO2S. The number of thiophene rings is 1. The second-order valence-corrected chi connectivity index (χ2v) is 5.31. The lowest BCUT2D eigenvalue weighted by molar-refractivity contribution is 0.0732. The number of rotatable bonds is 7. The van der Waals surface area contributed by atoms with Gasteiger partial charge in [-0.15, -0.1) is 11.3 Å². The topological polar surface area (TPSA) is 30.5 Å². The van der Waals surface area contributed by atoms with Crippen LogP contribution in [-0.4, -0.2) is 39.0 Å². The molecule has 2 rings (SSSR count). The third kappa shape index (κ3) is 5.17. The van der Waals surface area contributed by atoms with Gasteiger partial charge in [0.1, 0.15) is 0 Å². The highest BCUT2D eigenvalue weighted by Crippen LogP contribution is 2.09. The van der Waals surface area contributed by atoms with E-state index in [1.165, 1.54) is 4.88 Å². The summed E-state index contributed by atoms with van der Waals surface area (Å²) in [5, 5.41) is 5.63. The highest BCUT2D eigenvalue weighted by Gasteiger charge is 2.11. The van der Waals surface area contributed by atoms with Crippen LogP contribution < -0.4 is 5.32 Å². The third-order valence-corrected chi connectivity index (χ3v) is 3.91. The van der Waals surface area contributed by atoms with Crippen LogP contribution in [0.3, 0.4) is 0 Å². The zero-order valence-electron chi connectivity index (χ0n) is 10.2.